The van der Waals surface area contributed by atoms with Crippen LogP contribution in [0.3, 0.4) is 0 Å². The number of rotatable bonds is 5. The quantitative estimate of drug-likeness (QED) is 0.713. The molecule has 0 aliphatic carbocycles. The zero-order valence-electron chi connectivity index (χ0n) is 16.0. The minimum Gasteiger partial charge on any atom is -0.475 e. The molecular weight excluding hydrogens is 415 g/mol. The Morgan fingerprint density at radius 1 is 1.17 bits per heavy atom. The molecule has 0 atom stereocenters. The third-order valence-corrected chi connectivity index (χ3v) is 5.97. The summed E-state index contributed by atoms with van der Waals surface area (Å²) in [5.41, 5.74) is 0. The SMILES string of the molecule is CC(C)N(CC(=O)N1CCNCC1)S(=O)(=O)c1ccccc1.O=C(O)C(F)(F)F. The summed E-state index contributed by atoms with van der Waals surface area (Å²) in [5.74, 6) is -2.90. The van der Waals surface area contributed by atoms with E-state index in [4.69, 9.17) is 9.90 Å². The summed E-state index contributed by atoms with van der Waals surface area (Å²) < 4.78 is 58.5. The van der Waals surface area contributed by atoms with Gasteiger partial charge in [0.25, 0.3) is 0 Å². The summed E-state index contributed by atoms with van der Waals surface area (Å²) in [6.07, 6.45) is -5.08. The van der Waals surface area contributed by atoms with E-state index >= 15 is 0 Å². The largest absolute Gasteiger partial charge is 0.490 e. The number of aliphatic carboxylic acids is 1. The van der Waals surface area contributed by atoms with Gasteiger partial charge in [0.2, 0.25) is 15.9 Å². The zero-order chi connectivity index (χ0) is 22.2. The van der Waals surface area contributed by atoms with E-state index in [0.717, 1.165) is 13.1 Å². The fraction of sp³-hybridized carbons (Fsp3) is 0.529. The summed E-state index contributed by atoms with van der Waals surface area (Å²) in [6, 6.07) is 7.97. The van der Waals surface area contributed by atoms with Crippen molar-refractivity contribution in [2.45, 2.75) is 31.0 Å². The number of carboxylic acids is 1. The molecule has 1 heterocycles. The monoisotopic (exact) mass is 439 g/mol. The Morgan fingerprint density at radius 2 is 1.66 bits per heavy atom. The van der Waals surface area contributed by atoms with E-state index in [9.17, 15) is 26.4 Å². The van der Waals surface area contributed by atoms with Crippen LogP contribution >= 0.6 is 0 Å². The van der Waals surface area contributed by atoms with Gasteiger partial charge in [0, 0.05) is 32.2 Å². The summed E-state index contributed by atoms with van der Waals surface area (Å²) >= 11 is 0. The first-order valence-electron chi connectivity index (χ1n) is 8.73. The maximum atomic E-state index is 12.7. The van der Waals surface area contributed by atoms with Crippen molar-refractivity contribution in [1.82, 2.24) is 14.5 Å². The molecule has 1 saturated heterocycles. The number of piperazine rings is 1. The number of nitrogens with one attached hydrogen (secondary N) is 1. The van der Waals surface area contributed by atoms with Crippen LogP contribution in [0.4, 0.5) is 13.2 Å². The smallest absolute Gasteiger partial charge is 0.475 e. The molecule has 2 N–H and O–H groups in total. The van der Waals surface area contributed by atoms with Crippen LogP contribution < -0.4 is 5.32 Å². The third kappa shape index (κ3) is 7.63. The fourth-order valence-electron chi connectivity index (χ4n) is 2.42. The van der Waals surface area contributed by atoms with Crippen molar-refractivity contribution in [3.8, 4) is 0 Å². The Bertz CT molecular complexity index is 779. The second kappa shape index (κ2) is 10.6. The molecule has 0 radical (unpaired) electrons. The van der Waals surface area contributed by atoms with Gasteiger partial charge in [-0.05, 0) is 26.0 Å². The fourth-order valence-corrected chi connectivity index (χ4v) is 4.03. The Balaban J connectivity index is 0.000000516. The summed E-state index contributed by atoms with van der Waals surface area (Å²) in [7, 11) is -3.66. The number of hydrogen-bond donors (Lipinski definition) is 2. The van der Waals surface area contributed by atoms with Crippen molar-refractivity contribution in [2.75, 3.05) is 32.7 Å². The highest BCUT2D eigenvalue weighted by Gasteiger charge is 2.38. The molecule has 1 aromatic carbocycles. The van der Waals surface area contributed by atoms with Crippen LogP contribution in [0.15, 0.2) is 35.2 Å². The Labute approximate surface area is 167 Å². The van der Waals surface area contributed by atoms with Gasteiger partial charge in [-0.15, -0.1) is 0 Å². The van der Waals surface area contributed by atoms with E-state index in [2.05, 4.69) is 5.32 Å². The molecule has 2 rings (SSSR count). The van der Waals surface area contributed by atoms with Gasteiger partial charge in [0.05, 0.1) is 11.4 Å². The number of hydrogen-bond acceptors (Lipinski definition) is 5. The van der Waals surface area contributed by atoms with Crippen molar-refractivity contribution in [1.29, 1.82) is 0 Å². The normalized spacial score (nSPS) is 15.1. The number of benzene rings is 1. The average molecular weight is 439 g/mol. The van der Waals surface area contributed by atoms with Gasteiger partial charge in [0.15, 0.2) is 0 Å². The van der Waals surface area contributed by atoms with Gasteiger partial charge in [-0.25, -0.2) is 13.2 Å². The molecule has 1 fully saturated rings. The van der Waals surface area contributed by atoms with E-state index in [0.29, 0.717) is 13.1 Å². The Kier molecular flexibility index (Phi) is 9.05. The lowest BCUT2D eigenvalue weighted by molar-refractivity contribution is -0.192. The molecule has 0 bridgehead atoms. The van der Waals surface area contributed by atoms with E-state index in [1.807, 2.05) is 0 Å². The molecule has 1 amide bonds. The molecule has 0 aromatic heterocycles. The van der Waals surface area contributed by atoms with Crippen molar-refractivity contribution >= 4 is 21.9 Å². The first-order chi connectivity index (χ1) is 13.4. The van der Waals surface area contributed by atoms with E-state index < -0.39 is 22.2 Å². The van der Waals surface area contributed by atoms with E-state index in [1.165, 1.54) is 4.31 Å². The summed E-state index contributed by atoms with van der Waals surface area (Å²) in [5, 5.41) is 10.3. The molecule has 0 saturated carbocycles. The van der Waals surface area contributed by atoms with Gasteiger partial charge in [0.1, 0.15) is 0 Å². The number of nitrogens with zero attached hydrogens (tertiary/aromatic N) is 2. The molecule has 164 valence electrons. The van der Waals surface area contributed by atoms with Crippen LogP contribution in [0, 0.1) is 0 Å². The van der Waals surface area contributed by atoms with Crippen LogP contribution in [0.25, 0.3) is 0 Å². The predicted molar refractivity (Wildman–Crippen MR) is 98.6 cm³/mol. The van der Waals surface area contributed by atoms with Crippen molar-refractivity contribution in [3.63, 3.8) is 0 Å². The first kappa shape index (κ1) is 24.9. The number of sulfonamides is 1. The van der Waals surface area contributed by atoms with Gasteiger partial charge in [-0.2, -0.15) is 17.5 Å². The molecule has 1 aliphatic rings. The van der Waals surface area contributed by atoms with Gasteiger partial charge in [-0.3, -0.25) is 4.79 Å². The minimum absolute atomic E-state index is 0.116. The highest BCUT2D eigenvalue weighted by atomic mass is 32.2. The number of amides is 1. The second-order valence-corrected chi connectivity index (χ2v) is 8.28. The molecule has 0 unspecified atom stereocenters. The molecular formula is C17H24F3N3O5S. The Hall–Kier alpha value is -2.18. The van der Waals surface area contributed by atoms with Crippen LogP contribution in [-0.4, -0.2) is 79.5 Å². The standard InChI is InChI=1S/C15H23N3O3S.C2HF3O2/c1-13(2)18(12-15(19)17-10-8-16-9-11-17)22(20,21)14-6-4-3-5-7-14;3-2(4,5)1(6)7/h3-7,13,16H,8-12H2,1-2H3;(H,6,7). The van der Waals surface area contributed by atoms with Crippen molar-refractivity contribution in [3.05, 3.63) is 30.3 Å². The summed E-state index contributed by atoms with van der Waals surface area (Å²) in [6.45, 7) is 6.19. The van der Waals surface area contributed by atoms with Gasteiger partial charge < -0.3 is 15.3 Å². The Morgan fingerprint density at radius 3 is 2.07 bits per heavy atom. The maximum Gasteiger partial charge on any atom is 0.490 e. The number of alkyl halides is 3. The van der Waals surface area contributed by atoms with Gasteiger partial charge in [-0.1, -0.05) is 18.2 Å². The highest BCUT2D eigenvalue weighted by molar-refractivity contribution is 7.89. The lowest BCUT2D eigenvalue weighted by Gasteiger charge is -2.31. The molecule has 1 aliphatic heterocycles. The van der Waals surface area contributed by atoms with E-state index in [-0.39, 0.29) is 23.4 Å². The van der Waals surface area contributed by atoms with Crippen molar-refractivity contribution < 1.29 is 36.3 Å². The third-order valence-electron chi connectivity index (χ3n) is 3.93. The number of carbonyl (C=O) groups excluding carboxylic acids is 1. The number of carboxylic acid groups (broad SMARTS) is 1. The lowest BCUT2D eigenvalue weighted by Crippen LogP contribution is -2.51. The highest BCUT2D eigenvalue weighted by Crippen LogP contribution is 2.18. The van der Waals surface area contributed by atoms with Crippen molar-refractivity contribution in [2.24, 2.45) is 0 Å². The predicted octanol–water partition coefficient (Wildman–Crippen LogP) is 1.15. The van der Waals surface area contributed by atoms with Crippen LogP contribution in [0.5, 0.6) is 0 Å². The minimum atomic E-state index is -5.08. The molecule has 0 spiro atoms. The maximum absolute atomic E-state index is 12.7. The second-order valence-electron chi connectivity index (χ2n) is 6.39. The lowest BCUT2D eigenvalue weighted by atomic mass is 10.3. The molecule has 12 heteroatoms. The van der Waals surface area contributed by atoms with Crippen LogP contribution in [0.1, 0.15) is 13.8 Å². The molecule has 29 heavy (non-hydrogen) atoms. The number of carbonyl (C=O) groups is 2. The molecule has 8 nitrogen and oxygen atoms in total. The van der Waals surface area contributed by atoms with Crippen LogP contribution in [0.2, 0.25) is 0 Å². The topological polar surface area (TPSA) is 107 Å². The van der Waals surface area contributed by atoms with E-state index in [1.54, 1.807) is 49.1 Å². The average Bonchev–Trinajstić information content (AvgIpc) is 2.66. The molecule has 1 aromatic rings. The zero-order valence-corrected chi connectivity index (χ0v) is 16.8. The van der Waals surface area contributed by atoms with Crippen LogP contribution in [-0.2, 0) is 19.6 Å². The summed E-state index contributed by atoms with van der Waals surface area (Å²) in [4.78, 5) is 23.2. The first-order valence-corrected chi connectivity index (χ1v) is 10.2. The number of halogens is 3. The van der Waals surface area contributed by atoms with Gasteiger partial charge >= 0.3 is 12.1 Å².